The van der Waals surface area contributed by atoms with Gasteiger partial charge in [0.2, 0.25) is 0 Å². The molecule has 3 N–H and O–H groups in total. The van der Waals surface area contributed by atoms with Crippen molar-refractivity contribution in [2.45, 2.75) is 32.7 Å². The van der Waals surface area contributed by atoms with Crippen molar-refractivity contribution in [1.82, 2.24) is 5.32 Å². The van der Waals surface area contributed by atoms with E-state index in [2.05, 4.69) is 24.5 Å². The number of fused-ring (bicyclic) bond motifs is 1. The number of halogens is 1. The third-order valence-corrected chi connectivity index (χ3v) is 5.98. The molecular weight excluding hydrogens is 487 g/mol. The number of carboxylic acids is 1. The number of hydrogen-bond donors (Lipinski definition) is 3. The van der Waals surface area contributed by atoms with E-state index in [1.165, 1.54) is 6.07 Å². The van der Waals surface area contributed by atoms with E-state index >= 15 is 0 Å². The number of aliphatic carboxylic acids is 1. The summed E-state index contributed by atoms with van der Waals surface area (Å²) in [4.78, 5) is 22.8. The Morgan fingerprint density at radius 2 is 1.79 bits per heavy atom. The monoisotopic (exact) mass is 518 g/mol. The Morgan fingerprint density at radius 1 is 1.03 bits per heavy atom. The first-order chi connectivity index (χ1) is 18.3. The zero-order chi connectivity index (χ0) is 27.1. The first kappa shape index (κ1) is 26.7. The van der Waals surface area contributed by atoms with Crippen LogP contribution in [0.3, 0.4) is 0 Å². The van der Waals surface area contributed by atoms with Crippen LogP contribution in [0.15, 0.2) is 77.2 Å². The van der Waals surface area contributed by atoms with Crippen LogP contribution in [0.4, 0.5) is 10.1 Å². The highest BCUT2D eigenvalue weighted by atomic mass is 19.1. The topological polar surface area (TPSA) is 101 Å². The number of carboxylic acid groups (broad SMARTS) is 1. The molecule has 0 aliphatic heterocycles. The van der Waals surface area contributed by atoms with Crippen LogP contribution in [0.2, 0.25) is 0 Å². The molecule has 0 fully saturated rings. The second-order valence-electron chi connectivity index (χ2n) is 9.55. The number of carbonyl (C=O) groups is 2. The molecule has 4 aromatic rings. The third-order valence-electron chi connectivity index (χ3n) is 5.98. The van der Waals surface area contributed by atoms with Gasteiger partial charge in [0, 0.05) is 29.2 Å². The zero-order valence-electron chi connectivity index (χ0n) is 21.4. The van der Waals surface area contributed by atoms with Crippen LogP contribution in [0.1, 0.15) is 37.0 Å². The van der Waals surface area contributed by atoms with E-state index in [4.69, 9.17) is 14.3 Å². The van der Waals surface area contributed by atoms with E-state index in [-0.39, 0.29) is 24.9 Å². The fourth-order valence-corrected chi connectivity index (χ4v) is 4.17. The number of benzene rings is 3. The van der Waals surface area contributed by atoms with Gasteiger partial charge in [-0.1, -0.05) is 32.0 Å². The van der Waals surface area contributed by atoms with Crippen LogP contribution in [-0.4, -0.2) is 36.2 Å². The summed E-state index contributed by atoms with van der Waals surface area (Å²) in [5.74, 6) is -0.434. The van der Waals surface area contributed by atoms with Crippen LogP contribution in [-0.2, 0) is 4.79 Å². The lowest BCUT2D eigenvalue weighted by Crippen LogP contribution is -2.29. The molecule has 1 heterocycles. The highest BCUT2D eigenvalue weighted by Crippen LogP contribution is 2.31. The molecule has 0 radical (unpaired) electrons. The van der Waals surface area contributed by atoms with Crippen molar-refractivity contribution < 1.29 is 28.2 Å². The molecule has 7 nitrogen and oxygen atoms in total. The zero-order valence-corrected chi connectivity index (χ0v) is 21.4. The smallest absolute Gasteiger partial charge is 0.305 e. The van der Waals surface area contributed by atoms with Gasteiger partial charge in [0.15, 0.2) is 0 Å². The quantitative estimate of drug-likeness (QED) is 0.202. The van der Waals surface area contributed by atoms with E-state index < -0.39 is 11.8 Å². The first-order valence-corrected chi connectivity index (χ1v) is 12.6. The van der Waals surface area contributed by atoms with Crippen LogP contribution in [0.25, 0.3) is 22.3 Å². The maximum Gasteiger partial charge on any atom is 0.305 e. The predicted molar refractivity (Wildman–Crippen MR) is 145 cm³/mol. The normalized spacial score (nSPS) is 11.9. The molecule has 1 atom stereocenters. The molecule has 0 aliphatic rings. The van der Waals surface area contributed by atoms with E-state index in [0.717, 1.165) is 17.5 Å². The van der Waals surface area contributed by atoms with Gasteiger partial charge in [0.05, 0.1) is 18.0 Å². The Hall–Kier alpha value is -4.33. The summed E-state index contributed by atoms with van der Waals surface area (Å²) >= 11 is 0. The average molecular weight is 519 g/mol. The van der Waals surface area contributed by atoms with E-state index in [1.807, 2.05) is 30.3 Å². The minimum absolute atomic E-state index is 0.0525. The number of carbonyl (C=O) groups excluding carboxylic acids is 1. The number of furan rings is 1. The number of anilines is 1. The van der Waals surface area contributed by atoms with E-state index in [0.29, 0.717) is 40.7 Å². The van der Waals surface area contributed by atoms with Crippen molar-refractivity contribution in [2.24, 2.45) is 5.92 Å². The number of ether oxygens (including phenoxy) is 1. The Bertz CT molecular complexity index is 1360. The largest absolute Gasteiger partial charge is 0.491 e. The molecule has 4 rings (SSSR count). The Balaban J connectivity index is 1.37. The van der Waals surface area contributed by atoms with Gasteiger partial charge in [-0.3, -0.25) is 9.59 Å². The second kappa shape index (κ2) is 12.3. The molecule has 0 saturated carbocycles. The van der Waals surface area contributed by atoms with Crippen LogP contribution in [0.5, 0.6) is 5.75 Å². The van der Waals surface area contributed by atoms with Crippen molar-refractivity contribution in [2.75, 3.05) is 18.5 Å². The number of para-hydroxylation sites is 1. The molecule has 0 spiro atoms. The molecule has 3 aromatic carbocycles. The predicted octanol–water partition coefficient (Wildman–Crippen LogP) is 6.35. The Morgan fingerprint density at radius 3 is 2.47 bits per heavy atom. The van der Waals surface area contributed by atoms with Gasteiger partial charge in [-0.05, 0) is 60.9 Å². The van der Waals surface area contributed by atoms with Crippen molar-refractivity contribution in [3.05, 3.63) is 84.2 Å². The fourth-order valence-electron chi connectivity index (χ4n) is 4.17. The Labute approximate surface area is 220 Å². The molecule has 0 aliphatic carbocycles. The van der Waals surface area contributed by atoms with Crippen molar-refractivity contribution >= 4 is 28.5 Å². The molecule has 198 valence electrons. The summed E-state index contributed by atoms with van der Waals surface area (Å²) in [5, 5.41) is 15.6. The fraction of sp³-hybridized carbons (Fsp3) is 0.267. The van der Waals surface area contributed by atoms with Gasteiger partial charge < -0.3 is 24.9 Å². The van der Waals surface area contributed by atoms with Gasteiger partial charge >= 0.3 is 5.97 Å². The summed E-state index contributed by atoms with van der Waals surface area (Å²) in [6.45, 7) is 4.61. The molecule has 38 heavy (non-hydrogen) atoms. The summed E-state index contributed by atoms with van der Waals surface area (Å²) in [7, 11) is 0. The van der Waals surface area contributed by atoms with Crippen LogP contribution in [0, 0.1) is 11.7 Å². The first-order valence-electron chi connectivity index (χ1n) is 12.6. The highest BCUT2D eigenvalue weighted by molar-refractivity contribution is 5.94. The van der Waals surface area contributed by atoms with Gasteiger partial charge in [0.1, 0.15) is 29.5 Å². The summed E-state index contributed by atoms with van der Waals surface area (Å²) in [5.41, 5.74) is 2.33. The number of hydrogen-bond acceptors (Lipinski definition) is 5. The number of rotatable bonds is 12. The van der Waals surface area contributed by atoms with E-state index in [1.54, 1.807) is 36.4 Å². The maximum atomic E-state index is 14.9. The lowest BCUT2D eigenvalue weighted by Gasteiger charge is -2.22. The minimum Gasteiger partial charge on any atom is -0.491 e. The lowest BCUT2D eigenvalue weighted by atomic mass is 10.0. The molecule has 1 aromatic heterocycles. The van der Waals surface area contributed by atoms with Crippen molar-refractivity contribution in [1.29, 1.82) is 0 Å². The number of amides is 1. The third kappa shape index (κ3) is 7.12. The number of nitrogens with one attached hydrogen (secondary N) is 2. The summed E-state index contributed by atoms with van der Waals surface area (Å²) in [6, 6.07) is 21.0. The Kier molecular flexibility index (Phi) is 8.63. The summed E-state index contributed by atoms with van der Waals surface area (Å²) < 4.78 is 26.7. The molecule has 1 amide bonds. The maximum absolute atomic E-state index is 14.9. The molecule has 0 bridgehead atoms. The molecular formula is C30H31FN2O5. The van der Waals surface area contributed by atoms with Gasteiger partial charge in [-0.2, -0.15) is 0 Å². The standard InChI is InChI=1S/C30H31FN2O5/c1-19(2)15-23(33-22-9-7-20(8-10-22)30(36)32-14-13-29(34)35)18-37-24-11-12-25(26(31)17-24)28-16-21-5-3-4-6-27(21)38-28/h3-12,16-17,19,23,33H,13-15,18H2,1-2H3,(H,32,36)(H,34,35)/t23-/m0/s1. The lowest BCUT2D eigenvalue weighted by molar-refractivity contribution is -0.136. The van der Waals surface area contributed by atoms with Crippen molar-refractivity contribution in [3.63, 3.8) is 0 Å². The highest BCUT2D eigenvalue weighted by Gasteiger charge is 2.15. The molecule has 8 heteroatoms. The average Bonchev–Trinajstić information content (AvgIpc) is 3.31. The van der Waals surface area contributed by atoms with Crippen molar-refractivity contribution in [3.8, 4) is 17.1 Å². The van der Waals surface area contributed by atoms with Crippen LogP contribution < -0.4 is 15.4 Å². The van der Waals surface area contributed by atoms with Gasteiger partial charge in [-0.25, -0.2) is 4.39 Å². The molecule has 0 unspecified atom stereocenters. The van der Waals surface area contributed by atoms with Crippen LogP contribution >= 0.6 is 0 Å². The second-order valence-corrected chi connectivity index (χ2v) is 9.55. The summed E-state index contributed by atoms with van der Waals surface area (Å²) in [6.07, 6.45) is 0.686. The minimum atomic E-state index is -0.965. The van der Waals surface area contributed by atoms with E-state index in [9.17, 15) is 14.0 Å². The van der Waals surface area contributed by atoms with Gasteiger partial charge in [0.25, 0.3) is 5.91 Å². The SMILES string of the molecule is CC(C)C[C@@H](COc1ccc(-c2cc3ccccc3o2)c(F)c1)Nc1ccc(C(=O)NCCC(=O)O)cc1. The molecule has 0 saturated heterocycles. The van der Waals surface area contributed by atoms with Gasteiger partial charge in [-0.15, -0.1) is 0 Å².